The number of ether oxygens (including phenoxy) is 1. The average Bonchev–Trinajstić information content (AvgIpc) is 3.14. The highest BCUT2D eigenvalue weighted by Gasteiger charge is 2.42. The van der Waals surface area contributed by atoms with Crippen LogP contribution in [0.15, 0.2) is 41.5 Å². The molecular weight excluding hydrogens is 419 g/mol. The first-order valence-corrected chi connectivity index (χ1v) is 10.4. The van der Waals surface area contributed by atoms with E-state index in [0.717, 1.165) is 4.88 Å². The zero-order valence-corrected chi connectivity index (χ0v) is 18.0. The minimum Gasteiger partial charge on any atom is -0.476 e. The van der Waals surface area contributed by atoms with E-state index in [2.05, 4.69) is 5.32 Å². The van der Waals surface area contributed by atoms with Gasteiger partial charge in [-0.3, -0.25) is 14.5 Å². The fourth-order valence-corrected chi connectivity index (χ4v) is 4.22. The molecule has 2 aromatic rings. The van der Waals surface area contributed by atoms with Crippen LogP contribution in [-0.4, -0.2) is 29.0 Å². The Bertz CT molecular complexity index is 919. The number of benzene rings is 1. The second-order valence-electron chi connectivity index (χ2n) is 6.81. The molecule has 28 heavy (non-hydrogen) atoms. The topological polar surface area (TPSA) is 58.6 Å². The Labute approximate surface area is 177 Å². The van der Waals surface area contributed by atoms with Gasteiger partial charge in [0.2, 0.25) is 5.91 Å². The first kappa shape index (κ1) is 20.7. The van der Waals surface area contributed by atoms with Crippen LogP contribution in [0.25, 0.3) is 5.57 Å². The van der Waals surface area contributed by atoms with Gasteiger partial charge in [0.25, 0.3) is 5.91 Å². The molecule has 1 aliphatic rings. The third-order valence-corrected chi connectivity index (χ3v) is 5.87. The van der Waals surface area contributed by atoms with Crippen molar-refractivity contribution < 1.29 is 14.3 Å². The van der Waals surface area contributed by atoms with Gasteiger partial charge in [0, 0.05) is 27.0 Å². The molecule has 0 aliphatic carbocycles. The minimum atomic E-state index is -1.16. The summed E-state index contributed by atoms with van der Waals surface area (Å²) >= 11 is 13.5. The number of anilines is 1. The van der Waals surface area contributed by atoms with Crippen LogP contribution in [0, 0.1) is 0 Å². The Morgan fingerprint density at radius 3 is 2.54 bits per heavy atom. The van der Waals surface area contributed by atoms with E-state index >= 15 is 0 Å². The van der Waals surface area contributed by atoms with Gasteiger partial charge in [-0.2, -0.15) is 0 Å². The van der Waals surface area contributed by atoms with Crippen LogP contribution in [0.1, 0.15) is 32.1 Å². The third-order valence-electron chi connectivity index (χ3n) is 4.55. The van der Waals surface area contributed by atoms with E-state index in [4.69, 9.17) is 27.9 Å². The summed E-state index contributed by atoms with van der Waals surface area (Å²) in [6, 6.07) is 8.54. The molecule has 1 aromatic heterocycles. The highest BCUT2D eigenvalue weighted by atomic mass is 35.5. The summed E-state index contributed by atoms with van der Waals surface area (Å²) in [6.07, 6.45) is 0.598. The summed E-state index contributed by atoms with van der Waals surface area (Å²) in [5, 5.41) is 5.51. The molecule has 2 heterocycles. The molecule has 5 nitrogen and oxygen atoms in total. The Kier molecular flexibility index (Phi) is 6.03. The summed E-state index contributed by atoms with van der Waals surface area (Å²) < 4.78 is 5.84. The maximum absolute atomic E-state index is 13.3. The Morgan fingerprint density at radius 2 is 1.96 bits per heavy atom. The quantitative estimate of drug-likeness (QED) is 0.678. The first-order valence-electron chi connectivity index (χ1n) is 8.73. The molecule has 3 rings (SSSR count). The molecule has 0 bridgehead atoms. The van der Waals surface area contributed by atoms with Crippen LogP contribution in [0.5, 0.6) is 0 Å². The molecule has 0 fully saturated rings. The molecule has 0 unspecified atom stereocenters. The maximum Gasteiger partial charge on any atom is 0.262 e. The second-order valence-corrected chi connectivity index (χ2v) is 8.63. The van der Waals surface area contributed by atoms with Gasteiger partial charge >= 0.3 is 0 Å². The van der Waals surface area contributed by atoms with E-state index in [1.54, 1.807) is 32.0 Å². The van der Waals surface area contributed by atoms with Crippen molar-refractivity contribution in [3.63, 3.8) is 0 Å². The summed E-state index contributed by atoms with van der Waals surface area (Å²) in [6.45, 7) is 5.30. The van der Waals surface area contributed by atoms with Gasteiger partial charge in [0.05, 0.1) is 5.57 Å². The monoisotopic (exact) mass is 438 g/mol. The predicted molar refractivity (Wildman–Crippen MR) is 113 cm³/mol. The van der Waals surface area contributed by atoms with Crippen molar-refractivity contribution in [2.24, 2.45) is 0 Å². The van der Waals surface area contributed by atoms with Crippen molar-refractivity contribution in [3.8, 4) is 0 Å². The smallest absolute Gasteiger partial charge is 0.262 e. The van der Waals surface area contributed by atoms with Crippen molar-refractivity contribution in [2.45, 2.75) is 32.7 Å². The molecule has 8 heteroatoms. The number of carbonyl (C=O) groups is 2. The van der Waals surface area contributed by atoms with E-state index in [1.165, 1.54) is 16.2 Å². The van der Waals surface area contributed by atoms with Gasteiger partial charge in [-0.15, -0.1) is 11.3 Å². The van der Waals surface area contributed by atoms with Crippen molar-refractivity contribution in [1.82, 2.24) is 4.90 Å². The summed E-state index contributed by atoms with van der Waals surface area (Å²) in [7, 11) is 0. The number of carbonyl (C=O) groups excluding carboxylic acids is 2. The van der Waals surface area contributed by atoms with Gasteiger partial charge in [-0.1, -0.05) is 36.2 Å². The van der Waals surface area contributed by atoms with Crippen LogP contribution < -0.4 is 5.32 Å². The summed E-state index contributed by atoms with van der Waals surface area (Å²) in [5.41, 5.74) is -0.187. The molecule has 0 saturated carbocycles. The van der Waals surface area contributed by atoms with Crippen LogP contribution in [-0.2, 0) is 14.3 Å². The van der Waals surface area contributed by atoms with Gasteiger partial charge in [0.15, 0.2) is 6.73 Å². The lowest BCUT2D eigenvalue weighted by molar-refractivity contribution is -0.147. The number of halogens is 2. The van der Waals surface area contributed by atoms with Crippen molar-refractivity contribution in [3.05, 3.63) is 56.4 Å². The number of hydrogen-bond donors (Lipinski definition) is 1. The van der Waals surface area contributed by atoms with Crippen molar-refractivity contribution >= 4 is 57.6 Å². The fourth-order valence-electron chi connectivity index (χ4n) is 2.92. The number of rotatable bonds is 5. The third kappa shape index (κ3) is 4.04. The Morgan fingerprint density at radius 1 is 1.29 bits per heavy atom. The molecule has 0 radical (unpaired) electrons. The average molecular weight is 439 g/mol. The molecule has 148 valence electrons. The summed E-state index contributed by atoms with van der Waals surface area (Å²) in [4.78, 5) is 28.5. The zero-order chi connectivity index (χ0) is 20.5. The first-order chi connectivity index (χ1) is 13.2. The van der Waals surface area contributed by atoms with Gasteiger partial charge in [-0.25, -0.2) is 0 Å². The normalized spacial score (nSPS) is 14.9. The standard InChI is InChI=1S/C20H20Cl2N2O3S/c1-4-15-17(16-6-5-7-28-16)18(25)24(11-27-15)20(2,3)19(26)23-14-9-12(21)8-13(22)10-14/h5-10H,4,11H2,1-3H3,(H,23,26). The second kappa shape index (κ2) is 8.15. The van der Waals surface area contributed by atoms with E-state index in [1.807, 2.05) is 24.4 Å². The SMILES string of the molecule is CCC1=C(c2cccs2)C(=O)N(C(C)(C)C(=O)Nc2cc(Cl)cc(Cl)c2)CO1. The van der Waals surface area contributed by atoms with Gasteiger partial charge in [0.1, 0.15) is 11.3 Å². The number of nitrogens with one attached hydrogen (secondary N) is 1. The van der Waals surface area contributed by atoms with E-state index < -0.39 is 5.54 Å². The molecule has 1 N–H and O–H groups in total. The van der Waals surface area contributed by atoms with Crippen LogP contribution in [0.3, 0.4) is 0 Å². The number of nitrogens with zero attached hydrogens (tertiary/aromatic N) is 1. The van der Waals surface area contributed by atoms with Gasteiger partial charge in [-0.05, 0) is 43.5 Å². The van der Waals surface area contributed by atoms with Crippen molar-refractivity contribution in [2.75, 3.05) is 12.0 Å². The largest absolute Gasteiger partial charge is 0.476 e. The highest BCUT2D eigenvalue weighted by Crippen LogP contribution is 2.34. The minimum absolute atomic E-state index is 0.00754. The lowest BCUT2D eigenvalue weighted by Gasteiger charge is -2.40. The van der Waals surface area contributed by atoms with Crippen LogP contribution in [0.4, 0.5) is 5.69 Å². The zero-order valence-electron chi connectivity index (χ0n) is 15.7. The molecular formula is C20H20Cl2N2O3S. The molecule has 0 saturated heterocycles. The molecule has 0 atom stereocenters. The fraction of sp³-hybridized carbons (Fsp3) is 0.300. The lowest BCUT2D eigenvalue weighted by atomic mass is 9.98. The Hall–Kier alpha value is -2.02. The lowest BCUT2D eigenvalue weighted by Crippen LogP contribution is -2.57. The maximum atomic E-state index is 13.3. The van der Waals surface area contributed by atoms with E-state index in [9.17, 15) is 9.59 Å². The Balaban J connectivity index is 1.88. The predicted octanol–water partition coefficient (Wildman–Crippen LogP) is 5.41. The number of allylic oxidation sites excluding steroid dienone is 1. The van der Waals surface area contributed by atoms with Gasteiger partial charge < -0.3 is 10.1 Å². The van der Waals surface area contributed by atoms with Crippen LogP contribution >= 0.6 is 34.5 Å². The molecule has 0 spiro atoms. The van der Waals surface area contributed by atoms with E-state index in [-0.39, 0.29) is 18.5 Å². The number of thiophene rings is 1. The molecule has 2 amide bonds. The molecule has 1 aliphatic heterocycles. The summed E-state index contributed by atoms with van der Waals surface area (Å²) in [5.74, 6) is 0.0459. The number of amides is 2. The number of hydrogen-bond acceptors (Lipinski definition) is 4. The van der Waals surface area contributed by atoms with E-state index in [0.29, 0.717) is 33.5 Å². The van der Waals surface area contributed by atoms with Crippen LogP contribution in [0.2, 0.25) is 10.0 Å². The highest BCUT2D eigenvalue weighted by molar-refractivity contribution is 7.11. The molecule has 1 aromatic carbocycles. The van der Waals surface area contributed by atoms with Crippen molar-refractivity contribution in [1.29, 1.82) is 0 Å².